The van der Waals surface area contributed by atoms with E-state index in [4.69, 9.17) is 5.11 Å². The topological polar surface area (TPSA) is 95.5 Å². The number of rotatable bonds is 8. The van der Waals surface area contributed by atoms with Gasteiger partial charge in [-0.05, 0) is 25.8 Å². The average molecular weight is 236 g/mol. The van der Waals surface area contributed by atoms with Gasteiger partial charge >= 0.3 is 5.97 Å². The Balaban J connectivity index is 2.04. The quantitative estimate of drug-likeness (QED) is 0.476. The molecule has 7 heteroatoms. The molecule has 1 aliphatic carbocycles. The zero-order chi connectivity index (χ0) is 11.3. The maximum absolute atomic E-state index is 11.0. The molecule has 0 radical (unpaired) electrons. The van der Waals surface area contributed by atoms with Crippen LogP contribution < -0.4 is 10.0 Å². The van der Waals surface area contributed by atoms with Crippen LogP contribution in [-0.4, -0.2) is 44.4 Å². The molecule has 0 amide bonds. The molecule has 1 saturated carbocycles. The number of carbonyl (C=O) groups is 1. The molecule has 1 rings (SSSR count). The summed E-state index contributed by atoms with van der Waals surface area (Å²) in [6, 6.07) is 0.612. The van der Waals surface area contributed by atoms with E-state index in [9.17, 15) is 13.2 Å². The van der Waals surface area contributed by atoms with Gasteiger partial charge in [0.25, 0.3) is 0 Å². The van der Waals surface area contributed by atoms with Crippen LogP contribution in [0.2, 0.25) is 0 Å². The molecule has 6 nitrogen and oxygen atoms in total. The minimum absolute atomic E-state index is 0.287. The van der Waals surface area contributed by atoms with E-state index in [1.807, 2.05) is 0 Å². The Hall–Kier alpha value is -0.660. The molecule has 0 heterocycles. The Kier molecular flexibility index (Phi) is 4.49. The Bertz CT molecular complexity index is 311. The minimum Gasteiger partial charge on any atom is -0.480 e. The molecule has 0 spiro atoms. The first-order chi connectivity index (χ1) is 6.99. The summed E-state index contributed by atoms with van der Waals surface area (Å²) in [7, 11) is -3.64. The SMILES string of the molecule is O=C(O)CS(=O)(=O)NCCCNC1CC1. The summed E-state index contributed by atoms with van der Waals surface area (Å²) in [6.45, 7) is 1.05. The predicted molar refractivity (Wildman–Crippen MR) is 55.1 cm³/mol. The van der Waals surface area contributed by atoms with E-state index in [0.717, 1.165) is 6.54 Å². The van der Waals surface area contributed by atoms with Gasteiger partial charge in [0.2, 0.25) is 10.0 Å². The molecule has 0 aromatic carbocycles. The van der Waals surface area contributed by atoms with Crippen LogP contribution in [0, 0.1) is 0 Å². The van der Waals surface area contributed by atoms with Gasteiger partial charge in [0, 0.05) is 12.6 Å². The third kappa shape index (κ3) is 6.43. The van der Waals surface area contributed by atoms with Crippen molar-refractivity contribution in [2.45, 2.75) is 25.3 Å². The number of carboxylic acid groups (broad SMARTS) is 1. The molecule has 0 unspecified atom stereocenters. The Morgan fingerprint density at radius 1 is 1.33 bits per heavy atom. The van der Waals surface area contributed by atoms with Crippen LogP contribution in [0.25, 0.3) is 0 Å². The summed E-state index contributed by atoms with van der Waals surface area (Å²) in [5, 5.41) is 11.5. The fraction of sp³-hybridized carbons (Fsp3) is 0.875. The van der Waals surface area contributed by atoms with Crippen molar-refractivity contribution in [1.29, 1.82) is 0 Å². The van der Waals surface area contributed by atoms with E-state index in [2.05, 4.69) is 10.0 Å². The van der Waals surface area contributed by atoms with E-state index in [1.54, 1.807) is 0 Å². The highest BCUT2D eigenvalue weighted by molar-refractivity contribution is 7.90. The lowest BCUT2D eigenvalue weighted by molar-refractivity contribution is -0.134. The van der Waals surface area contributed by atoms with Gasteiger partial charge in [-0.3, -0.25) is 4.79 Å². The van der Waals surface area contributed by atoms with E-state index in [0.29, 0.717) is 12.5 Å². The first-order valence-corrected chi connectivity index (χ1v) is 6.57. The first-order valence-electron chi connectivity index (χ1n) is 4.92. The molecular weight excluding hydrogens is 220 g/mol. The average Bonchev–Trinajstić information content (AvgIpc) is 2.84. The fourth-order valence-corrected chi connectivity index (χ4v) is 2.01. The highest BCUT2D eigenvalue weighted by Crippen LogP contribution is 2.18. The highest BCUT2D eigenvalue weighted by Gasteiger charge is 2.19. The molecule has 0 aromatic heterocycles. The summed E-state index contributed by atoms with van der Waals surface area (Å²) in [5.41, 5.74) is 0. The van der Waals surface area contributed by atoms with E-state index in [-0.39, 0.29) is 6.54 Å². The second-order valence-electron chi connectivity index (χ2n) is 3.63. The van der Waals surface area contributed by atoms with E-state index >= 15 is 0 Å². The molecule has 15 heavy (non-hydrogen) atoms. The Morgan fingerprint density at radius 3 is 2.53 bits per heavy atom. The number of nitrogens with one attached hydrogen (secondary N) is 2. The summed E-state index contributed by atoms with van der Waals surface area (Å²) in [5.74, 6) is -2.19. The molecule has 1 fully saturated rings. The zero-order valence-corrected chi connectivity index (χ0v) is 9.22. The largest absolute Gasteiger partial charge is 0.480 e. The number of aliphatic carboxylic acids is 1. The lowest BCUT2D eigenvalue weighted by Crippen LogP contribution is -2.32. The normalized spacial score (nSPS) is 16.5. The van der Waals surface area contributed by atoms with Crippen molar-refractivity contribution in [3.8, 4) is 0 Å². The van der Waals surface area contributed by atoms with Crippen LogP contribution in [0.5, 0.6) is 0 Å². The molecule has 3 N–H and O–H groups in total. The second kappa shape index (κ2) is 5.43. The zero-order valence-electron chi connectivity index (χ0n) is 8.40. The van der Waals surface area contributed by atoms with Crippen LogP contribution in [-0.2, 0) is 14.8 Å². The molecule has 0 saturated heterocycles. The highest BCUT2D eigenvalue weighted by atomic mass is 32.2. The van der Waals surface area contributed by atoms with Gasteiger partial charge in [-0.15, -0.1) is 0 Å². The van der Waals surface area contributed by atoms with Crippen molar-refractivity contribution < 1.29 is 18.3 Å². The Morgan fingerprint density at radius 2 is 2.00 bits per heavy atom. The van der Waals surface area contributed by atoms with Crippen LogP contribution in [0.4, 0.5) is 0 Å². The summed E-state index contributed by atoms with van der Waals surface area (Å²) < 4.78 is 24.3. The van der Waals surface area contributed by atoms with Gasteiger partial charge in [-0.2, -0.15) is 0 Å². The van der Waals surface area contributed by atoms with Crippen molar-refractivity contribution in [2.24, 2.45) is 0 Å². The third-order valence-corrected chi connectivity index (χ3v) is 3.27. The predicted octanol–water partition coefficient (Wildman–Crippen LogP) is -0.867. The third-order valence-electron chi connectivity index (χ3n) is 2.00. The van der Waals surface area contributed by atoms with Crippen LogP contribution >= 0.6 is 0 Å². The standard InChI is InChI=1S/C8H16N2O4S/c11-8(12)6-15(13,14)10-5-1-4-9-7-2-3-7/h7,9-10H,1-6H2,(H,11,12). The van der Waals surface area contributed by atoms with E-state index < -0.39 is 21.7 Å². The van der Waals surface area contributed by atoms with Gasteiger partial charge in [-0.25, -0.2) is 13.1 Å². The van der Waals surface area contributed by atoms with Gasteiger partial charge in [-0.1, -0.05) is 0 Å². The van der Waals surface area contributed by atoms with Gasteiger partial charge in [0.05, 0.1) is 0 Å². The van der Waals surface area contributed by atoms with Gasteiger partial charge < -0.3 is 10.4 Å². The summed E-state index contributed by atoms with van der Waals surface area (Å²) in [4.78, 5) is 10.2. The summed E-state index contributed by atoms with van der Waals surface area (Å²) >= 11 is 0. The minimum atomic E-state index is -3.64. The van der Waals surface area contributed by atoms with Gasteiger partial charge in [0.15, 0.2) is 5.75 Å². The molecule has 0 aromatic rings. The summed E-state index contributed by atoms with van der Waals surface area (Å²) in [6.07, 6.45) is 3.07. The lowest BCUT2D eigenvalue weighted by Gasteiger charge is -2.04. The smallest absolute Gasteiger partial charge is 0.320 e. The lowest BCUT2D eigenvalue weighted by atomic mass is 10.4. The van der Waals surface area contributed by atoms with Crippen molar-refractivity contribution in [3.63, 3.8) is 0 Å². The molecule has 0 atom stereocenters. The van der Waals surface area contributed by atoms with Crippen molar-refractivity contribution in [1.82, 2.24) is 10.0 Å². The monoisotopic (exact) mass is 236 g/mol. The Labute approximate surface area is 89.1 Å². The maximum atomic E-state index is 11.0. The second-order valence-corrected chi connectivity index (χ2v) is 5.44. The molecule has 1 aliphatic rings. The number of sulfonamides is 1. The number of hydrogen-bond donors (Lipinski definition) is 3. The maximum Gasteiger partial charge on any atom is 0.320 e. The first kappa shape index (κ1) is 12.4. The molecule has 88 valence electrons. The van der Waals surface area contributed by atoms with E-state index in [1.165, 1.54) is 12.8 Å². The number of carboxylic acids is 1. The van der Waals surface area contributed by atoms with Crippen LogP contribution in [0.3, 0.4) is 0 Å². The molecular formula is C8H16N2O4S. The van der Waals surface area contributed by atoms with Gasteiger partial charge in [0.1, 0.15) is 0 Å². The van der Waals surface area contributed by atoms with Crippen LogP contribution in [0.1, 0.15) is 19.3 Å². The molecule has 0 aliphatic heterocycles. The van der Waals surface area contributed by atoms with Crippen molar-refractivity contribution in [2.75, 3.05) is 18.8 Å². The van der Waals surface area contributed by atoms with Crippen molar-refractivity contribution >= 4 is 16.0 Å². The van der Waals surface area contributed by atoms with Crippen molar-refractivity contribution in [3.05, 3.63) is 0 Å². The number of hydrogen-bond acceptors (Lipinski definition) is 4. The van der Waals surface area contributed by atoms with Crippen LogP contribution in [0.15, 0.2) is 0 Å². The molecule has 0 bridgehead atoms. The fourth-order valence-electron chi connectivity index (χ4n) is 1.12.